The minimum atomic E-state index is 0.462. The summed E-state index contributed by atoms with van der Waals surface area (Å²) < 4.78 is 5.88. The Bertz CT molecular complexity index is 607. The van der Waals surface area contributed by atoms with Crippen LogP contribution in [0.25, 0.3) is 11.0 Å². The van der Waals surface area contributed by atoms with Gasteiger partial charge in [-0.25, -0.2) is 0 Å². The summed E-state index contributed by atoms with van der Waals surface area (Å²) in [6.45, 7) is 4.93. The zero-order valence-electron chi connectivity index (χ0n) is 13.0. The first-order valence-electron chi connectivity index (χ1n) is 7.74. The molecule has 0 radical (unpaired) electrons. The molecule has 2 aromatic rings. The molecule has 4 heteroatoms. The third-order valence-corrected chi connectivity index (χ3v) is 4.45. The third-order valence-electron chi connectivity index (χ3n) is 4.45. The Labute approximate surface area is 126 Å². The van der Waals surface area contributed by atoms with Gasteiger partial charge in [-0.05, 0) is 39.0 Å². The molecular formula is C17H25N3O. The maximum Gasteiger partial charge on any atom is 0.134 e. The fraction of sp³-hybridized carbons (Fsp3) is 0.529. The lowest BCUT2D eigenvalue weighted by molar-refractivity contribution is 0.266. The Morgan fingerprint density at radius 2 is 2.19 bits per heavy atom. The summed E-state index contributed by atoms with van der Waals surface area (Å²) in [5, 5.41) is 1.20. The van der Waals surface area contributed by atoms with Crippen LogP contribution in [-0.2, 0) is 13.1 Å². The van der Waals surface area contributed by atoms with Crippen molar-refractivity contribution >= 4 is 11.0 Å². The summed E-state index contributed by atoms with van der Waals surface area (Å²) in [7, 11) is 4.40. The van der Waals surface area contributed by atoms with E-state index in [9.17, 15) is 0 Å². The monoisotopic (exact) mass is 287 g/mol. The van der Waals surface area contributed by atoms with Gasteiger partial charge in [0, 0.05) is 30.6 Å². The van der Waals surface area contributed by atoms with Gasteiger partial charge in [-0.3, -0.25) is 0 Å². The molecule has 1 atom stereocenters. The summed E-state index contributed by atoms with van der Waals surface area (Å²) in [5.74, 6) is 1.70. The predicted octanol–water partition coefficient (Wildman–Crippen LogP) is 2.27. The number of benzene rings is 1. The van der Waals surface area contributed by atoms with E-state index in [2.05, 4.69) is 36.0 Å². The van der Waals surface area contributed by atoms with Gasteiger partial charge in [0.25, 0.3) is 0 Å². The molecule has 1 aromatic heterocycles. The first-order chi connectivity index (χ1) is 10.2. The minimum absolute atomic E-state index is 0.462. The van der Waals surface area contributed by atoms with Gasteiger partial charge in [0.1, 0.15) is 11.3 Å². The Morgan fingerprint density at radius 1 is 1.38 bits per heavy atom. The van der Waals surface area contributed by atoms with Crippen molar-refractivity contribution in [3.63, 3.8) is 0 Å². The number of nitrogens with two attached hydrogens (primary N) is 1. The molecule has 3 rings (SSSR count). The van der Waals surface area contributed by atoms with Crippen LogP contribution in [0.5, 0.6) is 0 Å². The number of hydrogen-bond donors (Lipinski definition) is 1. The molecule has 1 saturated heterocycles. The van der Waals surface area contributed by atoms with E-state index in [1.54, 1.807) is 0 Å². The lowest BCUT2D eigenvalue weighted by Crippen LogP contribution is -2.27. The normalized spacial score (nSPS) is 19.9. The van der Waals surface area contributed by atoms with Gasteiger partial charge < -0.3 is 20.0 Å². The van der Waals surface area contributed by atoms with Crippen molar-refractivity contribution in [1.29, 1.82) is 0 Å². The first-order valence-corrected chi connectivity index (χ1v) is 7.74. The molecule has 1 aliphatic rings. The van der Waals surface area contributed by atoms with E-state index in [-0.39, 0.29) is 0 Å². The van der Waals surface area contributed by atoms with Gasteiger partial charge in [-0.15, -0.1) is 0 Å². The van der Waals surface area contributed by atoms with Crippen molar-refractivity contribution in [2.24, 2.45) is 11.7 Å². The van der Waals surface area contributed by atoms with Gasteiger partial charge in [0.05, 0.1) is 6.54 Å². The third kappa shape index (κ3) is 3.12. The van der Waals surface area contributed by atoms with E-state index in [4.69, 9.17) is 10.2 Å². The molecular weight excluding hydrogens is 262 g/mol. The molecule has 1 aromatic carbocycles. The molecule has 2 heterocycles. The van der Waals surface area contributed by atoms with Crippen LogP contribution in [0.4, 0.5) is 0 Å². The van der Waals surface area contributed by atoms with Gasteiger partial charge in [0.2, 0.25) is 0 Å². The second kappa shape index (κ2) is 6.18. The number of nitrogens with zero attached hydrogens (tertiary/aromatic N) is 2. The first kappa shape index (κ1) is 14.6. The van der Waals surface area contributed by atoms with Crippen LogP contribution >= 0.6 is 0 Å². The number of fused-ring (bicyclic) bond motifs is 1. The van der Waals surface area contributed by atoms with E-state index in [1.165, 1.54) is 30.5 Å². The number of furan rings is 1. The smallest absolute Gasteiger partial charge is 0.134 e. The molecule has 0 saturated carbocycles. The Kier molecular flexibility index (Phi) is 4.29. The summed E-state index contributed by atoms with van der Waals surface area (Å²) in [6.07, 6.45) is 1.30. The molecule has 1 aliphatic heterocycles. The summed E-state index contributed by atoms with van der Waals surface area (Å²) >= 11 is 0. The number of rotatable bonds is 5. The Hall–Kier alpha value is -1.36. The van der Waals surface area contributed by atoms with Crippen LogP contribution in [0.2, 0.25) is 0 Å². The second-order valence-corrected chi connectivity index (χ2v) is 6.32. The lowest BCUT2D eigenvalue weighted by Gasteiger charge is -2.21. The van der Waals surface area contributed by atoms with Crippen LogP contribution in [0.3, 0.4) is 0 Å². The van der Waals surface area contributed by atoms with E-state index < -0.39 is 0 Å². The van der Waals surface area contributed by atoms with Gasteiger partial charge in [0.15, 0.2) is 0 Å². The maximum atomic E-state index is 5.88. The van der Waals surface area contributed by atoms with E-state index in [0.717, 1.165) is 30.4 Å². The number of likely N-dealkylation sites (tertiary alicyclic amines) is 1. The molecule has 4 nitrogen and oxygen atoms in total. The zero-order valence-corrected chi connectivity index (χ0v) is 13.0. The van der Waals surface area contributed by atoms with Crippen LogP contribution in [0.15, 0.2) is 28.7 Å². The molecule has 114 valence electrons. The SMILES string of the molecule is CN1CCC(CN(C)Cc2c(CN)oc3ccccc23)C1. The van der Waals surface area contributed by atoms with Crippen LogP contribution in [0, 0.1) is 5.92 Å². The van der Waals surface area contributed by atoms with Crippen molar-refractivity contribution in [3.05, 3.63) is 35.6 Å². The molecule has 0 aliphatic carbocycles. The van der Waals surface area contributed by atoms with E-state index >= 15 is 0 Å². The van der Waals surface area contributed by atoms with Gasteiger partial charge in [-0.1, -0.05) is 18.2 Å². The molecule has 2 N–H and O–H groups in total. The highest BCUT2D eigenvalue weighted by Crippen LogP contribution is 2.27. The highest BCUT2D eigenvalue weighted by Gasteiger charge is 2.22. The molecule has 0 spiro atoms. The molecule has 21 heavy (non-hydrogen) atoms. The maximum absolute atomic E-state index is 5.88. The highest BCUT2D eigenvalue weighted by atomic mass is 16.3. The number of para-hydroxylation sites is 1. The summed E-state index contributed by atoms with van der Waals surface area (Å²) in [5.41, 5.74) is 8.05. The standard InChI is InChI=1S/C17H25N3O/c1-19-8-7-13(10-19)11-20(2)12-15-14-5-3-4-6-16(14)21-17(15)9-18/h3-6,13H,7-12,18H2,1-2H3. The molecule has 1 unspecified atom stereocenters. The molecule has 1 fully saturated rings. The summed E-state index contributed by atoms with van der Waals surface area (Å²) in [4.78, 5) is 4.82. The van der Waals surface area contributed by atoms with Crippen molar-refractivity contribution in [1.82, 2.24) is 9.80 Å². The van der Waals surface area contributed by atoms with Crippen molar-refractivity contribution in [2.45, 2.75) is 19.5 Å². The number of hydrogen-bond acceptors (Lipinski definition) is 4. The van der Waals surface area contributed by atoms with E-state index in [0.29, 0.717) is 6.54 Å². The van der Waals surface area contributed by atoms with Crippen LogP contribution in [0.1, 0.15) is 17.7 Å². The largest absolute Gasteiger partial charge is 0.459 e. The quantitative estimate of drug-likeness (QED) is 0.916. The average Bonchev–Trinajstić information content (AvgIpc) is 3.03. The fourth-order valence-electron chi connectivity index (χ4n) is 3.44. The average molecular weight is 287 g/mol. The van der Waals surface area contributed by atoms with Gasteiger partial charge >= 0.3 is 0 Å². The fourth-order valence-corrected chi connectivity index (χ4v) is 3.44. The zero-order chi connectivity index (χ0) is 14.8. The highest BCUT2D eigenvalue weighted by molar-refractivity contribution is 5.82. The summed E-state index contributed by atoms with van der Waals surface area (Å²) in [6, 6.07) is 8.22. The Morgan fingerprint density at radius 3 is 2.90 bits per heavy atom. The van der Waals surface area contributed by atoms with E-state index in [1.807, 2.05) is 12.1 Å². The van der Waals surface area contributed by atoms with Crippen LogP contribution < -0.4 is 5.73 Å². The van der Waals surface area contributed by atoms with Gasteiger partial charge in [-0.2, -0.15) is 0 Å². The van der Waals surface area contributed by atoms with Crippen molar-refractivity contribution in [2.75, 3.05) is 33.7 Å². The second-order valence-electron chi connectivity index (χ2n) is 6.32. The topological polar surface area (TPSA) is 45.6 Å². The molecule has 0 amide bonds. The lowest BCUT2D eigenvalue weighted by atomic mass is 10.1. The van der Waals surface area contributed by atoms with Crippen LogP contribution in [-0.4, -0.2) is 43.5 Å². The Balaban J connectivity index is 1.74. The predicted molar refractivity (Wildman–Crippen MR) is 86.0 cm³/mol. The minimum Gasteiger partial charge on any atom is -0.459 e. The van der Waals surface area contributed by atoms with Crippen molar-refractivity contribution < 1.29 is 4.42 Å². The van der Waals surface area contributed by atoms with Crippen molar-refractivity contribution in [3.8, 4) is 0 Å². The molecule has 0 bridgehead atoms.